The van der Waals surface area contributed by atoms with Crippen molar-refractivity contribution in [3.05, 3.63) is 29.3 Å². The number of hydrogen-bond donors (Lipinski definition) is 2. The van der Waals surface area contributed by atoms with Gasteiger partial charge in [-0.2, -0.15) is 0 Å². The molecule has 0 atom stereocenters. The lowest BCUT2D eigenvalue weighted by Gasteiger charge is -2.23. The Morgan fingerprint density at radius 2 is 2.00 bits per heavy atom. The molecular formula is C15H25NO2. The minimum atomic E-state index is 0.0514. The van der Waals surface area contributed by atoms with Crippen molar-refractivity contribution >= 4 is 0 Å². The highest BCUT2D eigenvalue weighted by molar-refractivity contribution is 5.41. The summed E-state index contributed by atoms with van der Waals surface area (Å²) in [6, 6.07) is 6.20. The van der Waals surface area contributed by atoms with Crippen molar-refractivity contribution in [1.29, 1.82) is 0 Å². The molecule has 3 nitrogen and oxygen atoms in total. The van der Waals surface area contributed by atoms with Crippen LogP contribution in [0.5, 0.6) is 5.75 Å². The van der Waals surface area contributed by atoms with E-state index in [2.05, 4.69) is 32.9 Å². The van der Waals surface area contributed by atoms with Crippen LogP contribution in [-0.2, 0) is 11.8 Å². The van der Waals surface area contributed by atoms with Crippen molar-refractivity contribution in [2.24, 2.45) is 5.73 Å². The van der Waals surface area contributed by atoms with Gasteiger partial charge < -0.3 is 15.6 Å². The molecule has 0 saturated heterocycles. The summed E-state index contributed by atoms with van der Waals surface area (Å²) >= 11 is 0. The first-order chi connectivity index (χ1) is 8.49. The van der Waals surface area contributed by atoms with Gasteiger partial charge in [-0.1, -0.05) is 32.9 Å². The second-order valence-electron chi connectivity index (χ2n) is 5.54. The minimum Gasteiger partial charge on any atom is -0.493 e. The second-order valence-corrected chi connectivity index (χ2v) is 5.54. The van der Waals surface area contributed by atoms with Gasteiger partial charge in [0.25, 0.3) is 0 Å². The lowest BCUT2D eigenvalue weighted by atomic mass is 9.85. The maximum Gasteiger partial charge on any atom is 0.123 e. The summed E-state index contributed by atoms with van der Waals surface area (Å²) in [6.07, 6.45) is 1.52. The molecule has 18 heavy (non-hydrogen) atoms. The van der Waals surface area contributed by atoms with Gasteiger partial charge in [-0.3, -0.25) is 0 Å². The molecule has 0 bridgehead atoms. The molecule has 0 unspecified atom stereocenters. The number of ether oxygens (including phenoxy) is 1. The van der Waals surface area contributed by atoms with Gasteiger partial charge in [0.2, 0.25) is 0 Å². The molecule has 0 radical (unpaired) electrons. The van der Waals surface area contributed by atoms with E-state index in [1.807, 2.05) is 6.07 Å². The van der Waals surface area contributed by atoms with E-state index in [1.54, 1.807) is 0 Å². The zero-order chi connectivity index (χ0) is 13.6. The molecule has 3 N–H and O–H groups in total. The first-order valence-corrected chi connectivity index (χ1v) is 6.56. The zero-order valence-corrected chi connectivity index (χ0v) is 11.7. The largest absolute Gasteiger partial charge is 0.493 e. The average Bonchev–Trinajstić information content (AvgIpc) is 2.28. The highest BCUT2D eigenvalue weighted by Gasteiger charge is 2.19. The van der Waals surface area contributed by atoms with E-state index in [9.17, 15) is 0 Å². The van der Waals surface area contributed by atoms with E-state index in [0.29, 0.717) is 19.6 Å². The van der Waals surface area contributed by atoms with E-state index < -0.39 is 0 Å². The van der Waals surface area contributed by atoms with Crippen LogP contribution in [0.2, 0.25) is 0 Å². The van der Waals surface area contributed by atoms with Gasteiger partial charge in [-0.15, -0.1) is 0 Å². The van der Waals surface area contributed by atoms with Crippen LogP contribution in [0.1, 0.15) is 38.3 Å². The number of rotatable bonds is 6. The van der Waals surface area contributed by atoms with Crippen molar-refractivity contribution < 1.29 is 9.84 Å². The third-order valence-corrected chi connectivity index (χ3v) is 2.86. The smallest absolute Gasteiger partial charge is 0.123 e. The van der Waals surface area contributed by atoms with E-state index in [4.69, 9.17) is 15.6 Å². The lowest BCUT2D eigenvalue weighted by molar-refractivity contribution is 0.296. The van der Waals surface area contributed by atoms with Gasteiger partial charge in [0, 0.05) is 6.61 Å². The molecule has 0 aliphatic carbocycles. The quantitative estimate of drug-likeness (QED) is 0.762. The Morgan fingerprint density at radius 3 is 2.56 bits per heavy atom. The molecular weight excluding hydrogens is 226 g/mol. The third kappa shape index (κ3) is 4.31. The Labute approximate surface area is 110 Å². The predicted octanol–water partition coefficient (Wildman–Crippen LogP) is 2.25. The molecule has 0 aliphatic rings. The summed E-state index contributed by atoms with van der Waals surface area (Å²) < 4.78 is 5.83. The van der Waals surface area contributed by atoms with Crippen LogP contribution in [0.25, 0.3) is 0 Å². The van der Waals surface area contributed by atoms with E-state index in [1.165, 1.54) is 5.56 Å². The number of aliphatic hydroxyl groups is 1. The maximum absolute atomic E-state index is 9.00. The molecule has 0 spiro atoms. The molecule has 1 aromatic carbocycles. The van der Waals surface area contributed by atoms with Crippen molar-refractivity contribution in [1.82, 2.24) is 0 Å². The van der Waals surface area contributed by atoms with E-state index >= 15 is 0 Å². The normalized spacial score (nSPS) is 11.6. The third-order valence-electron chi connectivity index (χ3n) is 2.86. The summed E-state index contributed by atoms with van der Waals surface area (Å²) in [7, 11) is 0. The first-order valence-electron chi connectivity index (χ1n) is 6.56. The Kier molecular flexibility index (Phi) is 5.63. The van der Waals surface area contributed by atoms with Crippen LogP contribution in [0.4, 0.5) is 0 Å². The van der Waals surface area contributed by atoms with Gasteiger partial charge in [0.15, 0.2) is 0 Å². The highest BCUT2D eigenvalue weighted by atomic mass is 16.5. The summed E-state index contributed by atoms with van der Waals surface area (Å²) in [5.74, 6) is 0.918. The lowest BCUT2D eigenvalue weighted by Crippen LogP contribution is -2.15. The standard InChI is InChI=1S/C15H25NO2/c1-15(2,3)13-6-5-12(7-9-17)11-14(13)18-10-4-8-16/h5-6,11,17H,4,7-10,16H2,1-3H3. The molecule has 3 heteroatoms. The maximum atomic E-state index is 9.00. The van der Waals surface area contributed by atoms with Gasteiger partial charge in [0.05, 0.1) is 6.61 Å². The summed E-state index contributed by atoms with van der Waals surface area (Å²) in [4.78, 5) is 0. The SMILES string of the molecule is CC(C)(C)c1ccc(CCO)cc1OCCCN. The topological polar surface area (TPSA) is 55.5 Å². The number of benzene rings is 1. The molecule has 102 valence electrons. The Bertz CT molecular complexity index is 369. The monoisotopic (exact) mass is 251 g/mol. The van der Waals surface area contributed by atoms with Crippen LogP contribution in [0.3, 0.4) is 0 Å². The van der Waals surface area contributed by atoms with Crippen molar-refractivity contribution in [2.75, 3.05) is 19.8 Å². The molecule has 0 amide bonds. The number of hydrogen-bond acceptors (Lipinski definition) is 3. The fraction of sp³-hybridized carbons (Fsp3) is 0.600. The van der Waals surface area contributed by atoms with E-state index in [-0.39, 0.29) is 12.0 Å². The molecule has 0 heterocycles. The van der Waals surface area contributed by atoms with Crippen LogP contribution >= 0.6 is 0 Å². The molecule has 1 rings (SSSR count). The van der Waals surface area contributed by atoms with Crippen molar-refractivity contribution in [3.8, 4) is 5.75 Å². The van der Waals surface area contributed by atoms with Gasteiger partial charge in [0.1, 0.15) is 5.75 Å². The fourth-order valence-electron chi connectivity index (χ4n) is 1.86. The van der Waals surface area contributed by atoms with Gasteiger partial charge in [-0.05, 0) is 42.0 Å². The van der Waals surface area contributed by atoms with Crippen LogP contribution in [0.15, 0.2) is 18.2 Å². The Balaban J connectivity index is 2.94. The zero-order valence-electron chi connectivity index (χ0n) is 11.7. The predicted molar refractivity (Wildman–Crippen MR) is 75.1 cm³/mol. The number of nitrogens with two attached hydrogens (primary N) is 1. The van der Waals surface area contributed by atoms with Gasteiger partial charge in [-0.25, -0.2) is 0 Å². The number of aliphatic hydroxyl groups excluding tert-OH is 1. The summed E-state index contributed by atoms with van der Waals surface area (Å²) in [6.45, 7) is 7.96. The molecule has 1 aromatic rings. The van der Waals surface area contributed by atoms with Crippen LogP contribution in [0, 0.1) is 0 Å². The Morgan fingerprint density at radius 1 is 1.28 bits per heavy atom. The van der Waals surface area contributed by atoms with Crippen molar-refractivity contribution in [3.63, 3.8) is 0 Å². The van der Waals surface area contributed by atoms with Crippen molar-refractivity contribution in [2.45, 2.75) is 39.0 Å². The average molecular weight is 251 g/mol. The summed E-state index contributed by atoms with van der Waals surface area (Å²) in [5.41, 5.74) is 7.83. The van der Waals surface area contributed by atoms with Crippen LogP contribution in [-0.4, -0.2) is 24.9 Å². The Hall–Kier alpha value is -1.06. The minimum absolute atomic E-state index is 0.0514. The summed E-state index contributed by atoms with van der Waals surface area (Å²) in [5, 5.41) is 9.00. The van der Waals surface area contributed by atoms with Crippen LogP contribution < -0.4 is 10.5 Å². The van der Waals surface area contributed by atoms with Gasteiger partial charge >= 0.3 is 0 Å². The second kappa shape index (κ2) is 6.76. The first kappa shape index (κ1) is 15.0. The fourth-order valence-corrected chi connectivity index (χ4v) is 1.86. The molecule has 0 fully saturated rings. The highest BCUT2D eigenvalue weighted by Crippen LogP contribution is 2.32. The molecule has 0 aliphatic heterocycles. The van der Waals surface area contributed by atoms with E-state index in [0.717, 1.165) is 17.7 Å². The molecule has 0 saturated carbocycles. The molecule has 0 aromatic heterocycles.